The maximum Gasteiger partial charge on any atom is 0.256 e. The number of sulfone groups is 1. The molecule has 2 amide bonds. The third-order valence-corrected chi connectivity index (χ3v) is 7.98. The predicted molar refractivity (Wildman–Crippen MR) is 115 cm³/mol. The fraction of sp³-hybridized carbons (Fsp3) is 0.333. The van der Waals surface area contributed by atoms with E-state index in [0.717, 1.165) is 0 Å². The fourth-order valence-electron chi connectivity index (χ4n) is 4.11. The molecular formula is C21H20Cl2N2O4S. The second-order valence-electron chi connectivity index (χ2n) is 7.49. The van der Waals surface area contributed by atoms with Gasteiger partial charge in [0.2, 0.25) is 5.91 Å². The molecule has 1 fully saturated rings. The Hall–Kier alpha value is -2.09. The zero-order chi connectivity index (χ0) is 21.5. The van der Waals surface area contributed by atoms with Crippen molar-refractivity contribution in [3.05, 3.63) is 63.6 Å². The van der Waals surface area contributed by atoms with Crippen LogP contribution in [0.15, 0.2) is 47.4 Å². The summed E-state index contributed by atoms with van der Waals surface area (Å²) in [4.78, 5) is 27.9. The molecule has 0 aromatic heterocycles. The average molecular weight is 467 g/mol. The Morgan fingerprint density at radius 1 is 1.07 bits per heavy atom. The number of carbonyl (C=O) groups is 2. The van der Waals surface area contributed by atoms with Crippen molar-refractivity contribution in [2.75, 3.05) is 12.3 Å². The highest BCUT2D eigenvalue weighted by Gasteiger charge is 2.38. The molecule has 0 spiro atoms. The van der Waals surface area contributed by atoms with Crippen LogP contribution in [0.5, 0.6) is 0 Å². The van der Waals surface area contributed by atoms with Gasteiger partial charge in [0.15, 0.2) is 9.84 Å². The summed E-state index contributed by atoms with van der Waals surface area (Å²) in [5, 5.41) is 3.63. The van der Waals surface area contributed by atoms with Gasteiger partial charge in [-0.25, -0.2) is 8.42 Å². The molecule has 2 aliphatic heterocycles. The minimum atomic E-state index is -3.34. The van der Waals surface area contributed by atoms with Crippen LogP contribution in [0, 0.1) is 0 Å². The molecule has 4 rings (SSSR count). The number of hydrogen-bond acceptors (Lipinski definition) is 4. The lowest BCUT2D eigenvalue weighted by atomic mass is 10.0. The zero-order valence-corrected chi connectivity index (χ0v) is 18.3. The molecule has 2 unspecified atom stereocenters. The molecule has 1 saturated heterocycles. The second kappa shape index (κ2) is 8.21. The molecule has 0 saturated carbocycles. The van der Waals surface area contributed by atoms with Gasteiger partial charge < -0.3 is 10.2 Å². The van der Waals surface area contributed by atoms with Crippen molar-refractivity contribution in [1.29, 1.82) is 0 Å². The molecule has 0 aliphatic carbocycles. The Labute approximate surface area is 185 Å². The van der Waals surface area contributed by atoms with Crippen LogP contribution in [0.25, 0.3) is 0 Å². The van der Waals surface area contributed by atoms with Crippen molar-refractivity contribution in [3.63, 3.8) is 0 Å². The molecule has 30 heavy (non-hydrogen) atoms. The van der Waals surface area contributed by atoms with E-state index in [1.807, 2.05) is 0 Å². The summed E-state index contributed by atoms with van der Waals surface area (Å²) < 4.78 is 24.7. The van der Waals surface area contributed by atoms with Gasteiger partial charge in [-0.15, -0.1) is 0 Å². The van der Waals surface area contributed by atoms with Crippen molar-refractivity contribution in [2.24, 2.45) is 0 Å². The van der Waals surface area contributed by atoms with E-state index in [4.69, 9.17) is 23.2 Å². The van der Waals surface area contributed by atoms with Gasteiger partial charge in [-0.1, -0.05) is 41.4 Å². The fourth-order valence-corrected chi connectivity index (χ4v) is 6.10. The van der Waals surface area contributed by atoms with Crippen LogP contribution in [0.4, 0.5) is 0 Å². The number of carbonyl (C=O) groups excluding carboxylic acids is 2. The monoisotopic (exact) mass is 466 g/mol. The summed E-state index contributed by atoms with van der Waals surface area (Å²) >= 11 is 12.2. The normalized spacial score (nSPS) is 22.4. The Kier molecular flexibility index (Phi) is 5.79. The number of halogens is 2. The van der Waals surface area contributed by atoms with Gasteiger partial charge in [-0.2, -0.15) is 0 Å². The highest BCUT2D eigenvalue weighted by molar-refractivity contribution is 7.91. The molecule has 0 bridgehead atoms. The van der Waals surface area contributed by atoms with Crippen molar-refractivity contribution in [3.8, 4) is 0 Å². The predicted octanol–water partition coefficient (Wildman–Crippen LogP) is 3.63. The van der Waals surface area contributed by atoms with Gasteiger partial charge in [0.25, 0.3) is 5.91 Å². The lowest BCUT2D eigenvalue weighted by Gasteiger charge is -2.30. The van der Waals surface area contributed by atoms with Crippen molar-refractivity contribution >= 4 is 44.9 Å². The summed E-state index contributed by atoms with van der Waals surface area (Å²) in [6.45, 7) is 0.440. The van der Waals surface area contributed by atoms with Gasteiger partial charge in [0.1, 0.15) is 6.04 Å². The van der Waals surface area contributed by atoms with Crippen LogP contribution in [0.1, 0.15) is 41.2 Å². The van der Waals surface area contributed by atoms with Crippen LogP contribution in [0.2, 0.25) is 10.0 Å². The summed E-state index contributed by atoms with van der Waals surface area (Å²) in [6.07, 6.45) is 1.52. The number of benzene rings is 2. The third kappa shape index (κ3) is 3.94. The molecule has 158 valence electrons. The smallest absolute Gasteiger partial charge is 0.256 e. The Morgan fingerprint density at radius 3 is 2.63 bits per heavy atom. The van der Waals surface area contributed by atoms with E-state index in [1.54, 1.807) is 36.4 Å². The van der Waals surface area contributed by atoms with E-state index in [-0.39, 0.29) is 33.0 Å². The number of nitrogens with one attached hydrogen (secondary N) is 1. The summed E-state index contributed by atoms with van der Waals surface area (Å²) in [6, 6.07) is 10.3. The summed E-state index contributed by atoms with van der Waals surface area (Å²) in [5.41, 5.74) is 0.851. The Balaban J connectivity index is 1.55. The number of amides is 2. The lowest BCUT2D eigenvalue weighted by Crippen LogP contribution is -2.47. The third-order valence-electron chi connectivity index (χ3n) is 5.60. The van der Waals surface area contributed by atoms with Crippen molar-refractivity contribution < 1.29 is 18.0 Å². The van der Waals surface area contributed by atoms with E-state index in [0.29, 0.717) is 36.4 Å². The van der Waals surface area contributed by atoms with Crippen molar-refractivity contribution in [1.82, 2.24) is 10.2 Å². The highest BCUT2D eigenvalue weighted by atomic mass is 35.5. The van der Waals surface area contributed by atoms with Crippen LogP contribution >= 0.6 is 23.2 Å². The number of rotatable bonds is 3. The van der Waals surface area contributed by atoms with Crippen LogP contribution < -0.4 is 5.32 Å². The molecule has 0 radical (unpaired) electrons. The molecule has 9 heteroatoms. The first-order chi connectivity index (χ1) is 14.3. The van der Waals surface area contributed by atoms with Gasteiger partial charge in [-0.3, -0.25) is 9.59 Å². The Bertz CT molecular complexity index is 1120. The number of fused-ring (bicyclic) bond motifs is 1. The quantitative estimate of drug-likeness (QED) is 0.748. The molecule has 6 nitrogen and oxygen atoms in total. The lowest BCUT2D eigenvalue weighted by molar-refractivity contribution is -0.125. The second-order valence-corrected chi connectivity index (χ2v) is 10.4. The average Bonchev–Trinajstić information content (AvgIpc) is 3.22. The van der Waals surface area contributed by atoms with Gasteiger partial charge in [0, 0.05) is 11.6 Å². The molecule has 1 N–H and O–H groups in total. The first-order valence-electron chi connectivity index (χ1n) is 9.66. The maximum absolute atomic E-state index is 13.1. The largest absolute Gasteiger partial charge is 0.347 e. The first-order valence-corrected chi connectivity index (χ1v) is 12.1. The molecule has 2 aromatic carbocycles. The number of hydrogen-bond donors (Lipinski definition) is 1. The SMILES string of the molecule is O=C(NC1CCS(=O)(=O)c2ccccc21)C1CCCN1C(=O)c1cc(Cl)ccc1Cl. The van der Waals surface area contributed by atoms with Crippen LogP contribution in [0.3, 0.4) is 0 Å². The van der Waals surface area contributed by atoms with Crippen molar-refractivity contribution in [2.45, 2.75) is 36.2 Å². The van der Waals surface area contributed by atoms with E-state index in [1.165, 1.54) is 11.0 Å². The first kappa shape index (κ1) is 21.2. The maximum atomic E-state index is 13.1. The highest BCUT2D eigenvalue weighted by Crippen LogP contribution is 2.33. The van der Waals surface area contributed by atoms with Gasteiger partial charge >= 0.3 is 0 Å². The molecular weight excluding hydrogens is 447 g/mol. The molecule has 2 aliphatic rings. The standard InChI is InChI=1S/C21H20Cl2N2O4S/c22-13-7-8-16(23)15(12-13)21(27)25-10-3-5-18(25)20(26)24-17-9-11-30(28,29)19-6-2-1-4-14(17)19/h1-2,4,6-8,12,17-18H,3,5,9-11H2,(H,24,26). The number of likely N-dealkylation sites (tertiary alicyclic amines) is 1. The van der Waals surface area contributed by atoms with Gasteiger partial charge in [0.05, 0.1) is 27.3 Å². The summed E-state index contributed by atoms with van der Waals surface area (Å²) in [5.74, 6) is -0.662. The van der Waals surface area contributed by atoms with E-state index >= 15 is 0 Å². The minimum absolute atomic E-state index is 0.0274. The van der Waals surface area contributed by atoms with E-state index in [9.17, 15) is 18.0 Å². The molecule has 2 atom stereocenters. The van der Waals surface area contributed by atoms with Crippen LogP contribution in [-0.4, -0.2) is 43.5 Å². The molecule has 2 heterocycles. The topological polar surface area (TPSA) is 83.6 Å². The van der Waals surface area contributed by atoms with Gasteiger partial charge in [-0.05, 0) is 49.1 Å². The summed E-state index contributed by atoms with van der Waals surface area (Å²) in [7, 11) is -3.34. The number of nitrogens with zero attached hydrogens (tertiary/aromatic N) is 1. The zero-order valence-electron chi connectivity index (χ0n) is 16.0. The molecule has 2 aromatic rings. The minimum Gasteiger partial charge on any atom is -0.347 e. The Morgan fingerprint density at radius 2 is 1.83 bits per heavy atom. The van der Waals surface area contributed by atoms with E-state index < -0.39 is 21.9 Å². The van der Waals surface area contributed by atoms with E-state index in [2.05, 4.69) is 5.32 Å². The van der Waals surface area contributed by atoms with Crippen LogP contribution in [-0.2, 0) is 14.6 Å².